The molecule has 3 heteroatoms. The van der Waals surface area contributed by atoms with Crippen LogP contribution < -0.4 is 0 Å². The SMILES string of the molecule is C1CPP([C]23[CH]4[CH]5[CH]6[CH]2[Fe]56432789[CH]3[CH]2[CH]7[CH]8[CH]39)C1. The van der Waals surface area contributed by atoms with Gasteiger partial charge in [0.25, 0.3) is 0 Å². The molecule has 0 saturated carbocycles. The molecule has 0 aromatic rings. The van der Waals surface area contributed by atoms with Crippen molar-refractivity contribution in [2.75, 3.05) is 12.3 Å². The van der Waals surface area contributed by atoms with Crippen LogP contribution in [-0.4, -0.2) is 16.4 Å². The fourth-order valence-corrected chi connectivity index (χ4v) is 117. The molecule has 0 bridgehead atoms. The quantitative estimate of drug-likeness (QED) is 0.482. The van der Waals surface area contributed by atoms with Crippen LogP contribution in [0, 0.1) is 0 Å². The van der Waals surface area contributed by atoms with E-state index in [0.717, 1.165) is 0 Å². The number of hydrogen-bond donors (Lipinski definition) is 0. The summed E-state index contributed by atoms with van der Waals surface area (Å²) in [7, 11) is 2.19. The molecule has 11 rings (SSSR count). The molecule has 11 aliphatic rings. The van der Waals surface area contributed by atoms with E-state index in [1.54, 1.807) is 62.1 Å². The van der Waals surface area contributed by atoms with E-state index in [4.69, 9.17) is 0 Å². The number of hydrogen-bond acceptors (Lipinski definition) is 0. The number of rotatable bonds is 1. The Hall–Kier alpha value is 1.38. The van der Waals surface area contributed by atoms with Crippen molar-refractivity contribution in [3.8, 4) is 0 Å². The van der Waals surface area contributed by atoms with Gasteiger partial charge < -0.3 is 0 Å². The van der Waals surface area contributed by atoms with Crippen molar-refractivity contribution >= 4 is 15.9 Å². The molecular weight excluding hydrogens is 274 g/mol. The Bertz CT molecular complexity index is 862. The molecule has 86 valence electrons. The normalized spacial score (nSPS) is 137. The van der Waals surface area contributed by atoms with Crippen LogP contribution in [0.4, 0.5) is 0 Å². The number of fused-ring (bicyclic) bond motifs is 10. The Morgan fingerprint density at radius 1 is 0.938 bits per heavy atom. The van der Waals surface area contributed by atoms with Crippen molar-refractivity contribution in [2.45, 2.75) is 53.8 Å². The third-order valence-electron chi connectivity index (χ3n) is 15.9. The van der Waals surface area contributed by atoms with Crippen molar-refractivity contribution in [1.29, 1.82) is 0 Å². The van der Waals surface area contributed by atoms with Gasteiger partial charge in [0, 0.05) is 0 Å². The topological polar surface area (TPSA) is 0 Å². The van der Waals surface area contributed by atoms with E-state index in [2.05, 4.69) is 0 Å². The molecule has 16 heavy (non-hydrogen) atoms. The van der Waals surface area contributed by atoms with Crippen LogP contribution in [0.15, 0.2) is 0 Å². The van der Waals surface area contributed by atoms with Crippen LogP contribution in [0.1, 0.15) is 6.42 Å². The predicted octanol–water partition coefficient (Wildman–Crippen LogP) is 4.76. The van der Waals surface area contributed by atoms with Crippen LogP contribution in [-0.2, 0) is 6.51 Å². The standard InChI is InChI=1S/C8H11P2.C5H5.Fe/c1-2-5-8(4-1)10-7-3-6-9-10;1-2-4-5-3-1;/h1-2,4-5,9H,3,6-7H2;1-5H;. The fourth-order valence-electron chi connectivity index (χ4n) is 17.6. The van der Waals surface area contributed by atoms with Crippen LogP contribution in [0.25, 0.3) is 0 Å². The zero-order chi connectivity index (χ0) is 9.42. The van der Waals surface area contributed by atoms with Gasteiger partial charge in [0.05, 0.1) is 0 Å². The van der Waals surface area contributed by atoms with Gasteiger partial charge in [0.1, 0.15) is 0 Å². The van der Waals surface area contributed by atoms with E-state index in [1.807, 2.05) is 0 Å². The molecule has 11 fully saturated rings. The summed E-state index contributed by atoms with van der Waals surface area (Å²) < 4.78 is 1.35. The van der Waals surface area contributed by atoms with Gasteiger partial charge in [-0.3, -0.25) is 0 Å². The van der Waals surface area contributed by atoms with Crippen molar-refractivity contribution in [1.82, 2.24) is 0 Å². The first-order valence-corrected chi connectivity index (χ1v) is 17.2. The molecule has 0 amide bonds. The molecular formula is C13H16FeP2. The average Bonchev–Trinajstić information content (AvgIpc) is 3.20. The van der Waals surface area contributed by atoms with Crippen molar-refractivity contribution in [2.24, 2.45) is 0 Å². The Labute approximate surface area is 88.4 Å². The molecule has 11 saturated heterocycles. The summed E-state index contributed by atoms with van der Waals surface area (Å²) in [5.41, 5.74) is 0. The van der Waals surface area contributed by atoms with Gasteiger partial charge >= 0.3 is 88.5 Å². The summed E-state index contributed by atoms with van der Waals surface area (Å²) in [6.45, 7) is -2.59. The fraction of sp³-hybridized carbons (Fsp3) is 1.00. The zero-order valence-corrected chi connectivity index (χ0v) is 12.1. The van der Waals surface area contributed by atoms with Gasteiger partial charge in [-0.1, -0.05) is 0 Å². The molecule has 6 unspecified atom stereocenters. The molecule has 1 spiro atoms. The maximum absolute atomic E-state index is 2.59. The van der Waals surface area contributed by atoms with Gasteiger partial charge in [0.2, 0.25) is 0 Å². The third-order valence-corrected chi connectivity index (χ3v) is 69.8. The Morgan fingerprint density at radius 2 is 1.56 bits per heavy atom. The van der Waals surface area contributed by atoms with Crippen LogP contribution in [0.2, 0.25) is 43.3 Å². The predicted molar refractivity (Wildman–Crippen MR) is 66.1 cm³/mol. The average molecular weight is 290 g/mol. The molecule has 11 aliphatic heterocycles. The Kier molecular flexibility index (Phi) is 0.202. The zero-order valence-electron chi connectivity index (χ0n) is 9.12. The van der Waals surface area contributed by atoms with Gasteiger partial charge in [-0.2, -0.15) is 0 Å². The van der Waals surface area contributed by atoms with Gasteiger partial charge in [-0.15, -0.1) is 0 Å². The van der Waals surface area contributed by atoms with Crippen LogP contribution in [0.5, 0.6) is 0 Å². The Balaban J connectivity index is 1.62. The van der Waals surface area contributed by atoms with E-state index >= 15 is 0 Å². The van der Waals surface area contributed by atoms with Crippen molar-refractivity contribution in [3.05, 3.63) is 0 Å². The maximum atomic E-state index is 1.79. The third kappa shape index (κ3) is 0.0615. The van der Waals surface area contributed by atoms with Gasteiger partial charge in [-0.05, 0) is 0 Å². The van der Waals surface area contributed by atoms with Crippen LogP contribution >= 0.6 is 15.9 Å². The summed E-state index contributed by atoms with van der Waals surface area (Å²) in [6.07, 6.45) is 5.14. The summed E-state index contributed by atoms with van der Waals surface area (Å²) in [5, 5.41) is 0. The summed E-state index contributed by atoms with van der Waals surface area (Å²) in [4.78, 5) is 14.4. The molecule has 6 atom stereocenters. The summed E-state index contributed by atoms with van der Waals surface area (Å²) in [6, 6.07) is 0. The molecule has 0 radical (unpaired) electrons. The van der Waals surface area contributed by atoms with Gasteiger partial charge in [-0.25, -0.2) is 0 Å². The first-order valence-electron chi connectivity index (χ1n) is 7.37. The molecule has 0 aliphatic carbocycles. The van der Waals surface area contributed by atoms with Crippen molar-refractivity contribution < 1.29 is 6.51 Å². The molecule has 0 N–H and O–H groups in total. The first kappa shape index (κ1) is 6.22. The van der Waals surface area contributed by atoms with Crippen LogP contribution in [0.3, 0.4) is 0 Å². The minimum atomic E-state index is -2.59. The van der Waals surface area contributed by atoms with Crippen molar-refractivity contribution in [3.63, 3.8) is 0 Å². The van der Waals surface area contributed by atoms with E-state index in [1.165, 1.54) is 12.3 Å². The molecule has 0 aromatic carbocycles. The van der Waals surface area contributed by atoms with E-state index in [0.29, 0.717) is 7.61 Å². The van der Waals surface area contributed by atoms with Gasteiger partial charge in [0.15, 0.2) is 0 Å². The molecule has 11 heterocycles. The minimum absolute atomic E-state index is 0.665. The summed E-state index contributed by atoms with van der Waals surface area (Å²) >= 11 is 0. The first-order chi connectivity index (χ1) is 7.65. The molecule has 0 nitrogen and oxygen atoms in total. The second-order valence-corrected chi connectivity index (χ2v) is 40.4. The monoisotopic (exact) mass is 290 g/mol. The van der Waals surface area contributed by atoms with E-state index in [9.17, 15) is 0 Å². The van der Waals surface area contributed by atoms with E-state index in [-0.39, 0.29) is 0 Å². The second kappa shape index (κ2) is 0.519. The molecule has 0 aromatic heterocycles. The second-order valence-electron chi connectivity index (χ2n) is 11.1. The Morgan fingerprint density at radius 3 is 1.88 bits per heavy atom. The summed E-state index contributed by atoms with van der Waals surface area (Å²) in [5.74, 6) is 0. The van der Waals surface area contributed by atoms with E-state index < -0.39 is 6.51 Å².